The molecule has 1 unspecified atom stereocenters. The quantitative estimate of drug-likeness (QED) is 0.858. The number of hydrogen-bond donors (Lipinski definition) is 2. The molecule has 1 aromatic heterocycles. The van der Waals surface area contributed by atoms with Crippen LogP contribution in [0.25, 0.3) is 10.9 Å². The molecule has 0 aliphatic heterocycles. The maximum Gasteiger partial charge on any atom is 0.326 e. The molecule has 1 heterocycles. The number of carbonyl (C=O) groups excluding carboxylic acids is 1. The van der Waals surface area contributed by atoms with Gasteiger partial charge in [-0.3, -0.25) is 4.79 Å². The molecule has 0 radical (unpaired) electrons. The molecule has 1 atom stereocenters. The number of aliphatic carboxylic acids is 1. The molecule has 5 heteroatoms. The summed E-state index contributed by atoms with van der Waals surface area (Å²) >= 11 is 0. The smallest absolute Gasteiger partial charge is 0.326 e. The fourth-order valence-corrected chi connectivity index (χ4v) is 2.43. The van der Waals surface area contributed by atoms with E-state index in [1.807, 2.05) is 41.8 Å². The molecule has 2 aromatic rings. The number of carboxylic acid groups (broad SMARTS) is 1. The van der Waals surface area contributed by atoms with E-state index in [0.29, 0.717) is 12.1 Å². The van der Waals surface area contributed by atoms with Crippen LogP contribution >= 0.6 is 0 Å². The van der Waals surface area contributed by atoms with Crippen molar-refractivity contribution in [3.05, 3.63) is 36.0 Å². The molecular formula is C16H20N2O3. The Balaban J connectivity index is 2.38. The Morgan fingerprint density at radius 3 is 2.62 bits per heavy atom. The Labute approximate surface area is 123 Å². The van der Waals surface area contributed by atoms with Crippen LogP contribution in [0.1, 0.15) is 37.2 Å². The first-order valence-corrected chi connectivity index (χ1v) is 7.20. The first-order valence-electron chi connectivity index (χ1n) is 7.20. The first kappa shape index (κ1) is 15.1. The highest BCUT2D eigenvalue weighted by Gasteiger charge is 2.21. The van der Waals surface area contributed by atoms with E-state index in [1.54, 1.807) is 6.92 Å². The van der Waals surface area contributed by atoms with E-state index in [9.17, 15) is 9.59 Å². The van der Waals surface area contributed by atoms with Crippen LogP contribution in [0.4, 0.5) is 0 Å². The summed E-state index contributed by atoms with van der Waals surface area (Å²) in [5.41, 5.74) is 1.51. The third-order valence-electron chi connectivity index (χ3n) is 3.50. The minimum Gasteiger partial charge on any atom is -0.480 e. The van der Waals surface area contributed by atoms with Crippen molar-refractivity contribution < 1.29 is 14.7 Å². The van der Waals surface area contributed by atoms with Crippen molar-refractivity contribution in [1.29, 1.82) is 0 Å². The van der Waals surface area contributed by atoms with Crippen LogP contribution in [-0.2, 0) is 11.3 Å². The van der Waals surface area contributed by atoms with E-state index in [-0.39, 0.29) is 5.91 Å². The number of nitrogens with one attached hydrogen (secondary N) is 1. The molecule has 0 spiro atoms. The molecule has 0 saturated carbocycles. The minimum atomic E-state index is -1.01. The number of amides is 1. The zero-order valence-corrected chi connectivity index (χ0v) is 12.3. The van der Waals surface area contributed by atoms with Crippen molar-refractivity contribution in [3.63, 3.8) is 0 Å². The van der Waals surface area contributed by atoms with Crippen molar-refractivity contribution in [2.24, 2.45) is 0 Å². The van der Waals surface area contributed by atoms with E-state index >= 15 is 0 Å². The van der Waals surface area contributed by atoms with Crippen molar-refractivity contribution in [2.75, 3.05) is 0 Å². The van der Waals surface area contributed by atoms with Gasteiger partial charge in [-0.25, -0.2) is 4.79 Å². The first-order chi connectivity index (χ1) is 10.1. The Hall–Kier alpha value is -2.30. The molecule has 21 heavy (non-hydrogen) atoms. The molecule has 0 aliphatic rings. The summed E-state index contributed by atoms with van der Waals surface area (Å²) in [5.74, 6) is -1.35. The summed E-state index contributed by atoms with van der Waals surface area (Å²) in [6.45, 7) is 4.50. The highest BCUT2D eigenvalue weighted by Crippen LogP contribution is 2.20. The number of aryl methyl sites for hydroxylation is 1. The van der Waals surface area contributed by atoms with Crippen LogP contribution in [0, 0.1) is 0 Å². The Morgan fingerprint density at radius 2 is 2.00 bits per heavy atom. The summed E-state index contributed by atoms with van der Waals surface area (Å²) in [4.78, 5) is 23.4. The SMILES string of the molecule is CCCn1c(C(=O)NC(CC)C(=O)O)cc2ccccc21. The van der Waals surface area contributed by atoms with Gasteiger partial charge in [0, 0.05) is 17.4 Å². The Bertz CT molecular complexity index is 661. The van der Waals surface area contributed by atoms with E-state index in [0.717, 1.165) is 23.9 Å². The molecule has 2 rings (SSSR count). The van der Waals surface area contributed by atoms with Gasteiger partial charge < -0.3 is 15.0 Å². The fraction of sp³-hybridized carbons (Fsp3) is 0.375. The van der Waals surface area contributed by atoms with Crippen LogP contribution in [-0.4, -0.2) is 27.6 Å². The number of benzene rings is 1. The number of carbonyl (C=O) groups is 2. The topological polar surface area (TPSA) is 71.3 Å². The third kappa shape index (κ3) is 3.07. The second-order valence-corrected chi connectivity index (χ2v) is 5.01. The highest BCUT2D eigenvalue weighted by molar-refractivity contribution is 6.00. The molecule has 112 valence electrons. The number of nitrogens with zero attached hydrogens (tertiary/aromatic N) is 1. The summed E-state index contributed by atoms with van der Waals surface area (Å²) < 4.78 is 1.94. The number of aromatic nitrogens is 1. The van der Waals surface area contributed by atoms with Crippen molar-refractivity contribution in [2.45, 2.75) is 39.3 Å². The maximum absolute atomic E-state index is 12.4. The highest BCUT2D eigenvalue weighted by atomic mass is 16.4. The van der Waals surface area contributed by atoms with Gasteiger partial charge in [-0.1, -0.05) is 32.0 Å². The molecule has 5 nitrogen and oxygen atoms in total. The fourth-order valence-electron chi connectivity index (χ4n) is 2.43. The predicted molar refractivity (Wildman–Crippen MR) is 81.4 cm³/mol. The van der Waals surface area contributed by atoms with Gasteiger partial charge in [0.15, 0.2) is 0 Å². The van der Waals surface area contributed by atoms with Gasteiger partial charge in [-0.15, -0.1) is 0 Å². The number of para-hydroxylation sites is 1. The van der Waals surface area contributed by atoms with Crippen LogP contribution < -0.4 is 5.32 Å². The standard InChI is InChI=1S/C16H20N2O3/c1-3-9-18-13-8-6-5-7-11(13)10-14(18)15(19)17-12(4-2)16(20)21/h5-8,10,12H,3-4,9H2,1-2H3,(H,17,19)(H,20,21). The second-order valence-electron chi connectivity index (χ2n) is 5.01. The zero-order chi connectivity index (χ0) is 15.4. The van der Waals surface area contributed by atoms with E-state index < -0.39 is 12.0 Å². The van der Waals surface area contributed by atoms with Gasteiger partial charge in [0.2, 0.25) is 0 Å². The summed E-state index contributed by atoms with van der Waals surface area (Å²) in [7, 11) is 0. The van der Waals surface area contributed by atoms with Crippen molar-refractivity contribution >= 4 is 22.8 Å². The maximum atomic E-state index is 12.4. The number of carboxylic acids is 1. The lowest BCUT2D eigenvalue weighted by atomic mass is 10.2. The lowest BCUT2D eigenvalue weighted by Gasteiger charge is -2.14. The zero-order valence-electron chi connectivity index (χ0n) is 12.3. The summed E-state index contributed by atoms with van der Waals surface area (Å²) in [5, 5.41) is 12.6. The molecule has 1 aromatic carbocycles. The van der Waals surface area contributed by atoms with Crippen LogP contribution in [0.15, 0.2) is 30.3 Å². The Morgan fingerprint density at radius 1 is 1.29 bits per heavy atom. The Kier molecular flexibility index (Phi) is 4.62. The van der Waals surface area contributed by atoms with Gasteiger partial charge in [0.1, 0.15) is 11.7 Å². The lowest BCUT2D eigenvalue weighted by Crippen LogP contribution is -2.41. The van der Waals surface area contributed by atoms with Crippen LogP contribution in [0.2, 0.25) is 0 Å². The average Bonchev–Trinajstić information content (AvgIpc) is 2.84. The lowest BCUT2D eigenvalue weighted by molar-refractivity contribution is -0.139. The van der Waals surface area contributed by atoms with Crippen LogP contribution in [0.3, 0.4) is 0 Å². The van der Waals surface area contributed by atoms with Gasteiger partial charge in [0.05, 0.1) is 0 Å². The number of hydrogen-bond acceptors (Lipinski definition) is 2. The largest absolute Gasteiger partial charge is 0.480 e. The summed E-state index contributed by atoms with van der Waals surface area (Å²) in [6, 6.07) is 8.73. The summed E-state index contributed by atoms with van der Waals surface area (Å²) in [6.07, 6.45) is 1.25. The second kappa shape index (κ2) is 6.43. The van der Waals surface area contributed by atoms with Gasteiger partial charge >= 0.3 is 5.97 Å². The van der Waals surface area contributed by atoms with E-state index in [4.69, 9.17) is 5.11 Å². The predicted octanol–water partition coefficient (Wildman–Crippen LogP) is 2.64. The average molecular weight is 288 g/mol. The minimum absolute atomic E-state index is 0.339. The molecule has 0 aliphatic carbocycles. The molecule has 0 saturated heterocycles. The van der Waals surface area contributed by atoms with E-state index in [1.165, 1.54) is 0 Å². The van der Waals surface area contributed by atoms with Crippen molar-refractivity contribution in [3.8, 4) is 0 Å². The van der Waals surface area contributed by atoms with Gasteiger partial charge in [-0.2, -0.15) is 0 Å². The van der Waals surface area contributed by atoms with Gasteiger partial charge in [0.25, 0.3) is 5.91 Å². The molecule has 1 amide bonds. The third-order valence-corrected chi connectivity index (χ3v) is 3.50. The van der Waals surface area contributed by atoms with E-state index in [2.05, 4.69) is 5.32 Å². The van der Waals surface area contributed by atoms with Crippen LogP contribution in [0.5, 0.6) is 0 Å². The van der Waals surface area contributed by atoms with Gasteiger partial charge in [-0.05, 0) is 25.0 Å². The molecule has 2 N–H and O–H groups in total. The molecule has 0 fully saturated rings. The van der Waals surface area contributed by atoms with Crippen molar-refractivity contribution in [1.82, 2.24) is 9.88 Å². The number of rotatable bonds is 6. The normalized spacial score (nSPS) is 12.3. The molecule has 0 bridgehead atoms. The monoisotopic (exact) mass is 288 g/mol. The molecular weight excluding hydrogens is 268 g/mol. The number of fused-ring (bicyclic) bond motifs is 1.